The molecule has 2 aromatic rings. The number of H-pyrrole nitrogens is 1. The van der Waals surface area contributed by atoms with E-state index in [-0.39, 0.29) is 6.04 Å². The third kappa shape index (κ3) is 4.51. The summed E-state index contributed by atoms with van der Waals surface area (Å²) in [4.78, 5) is 7.70. The quantitative estimate of drug-likeness (QED) is 0.680. The lowest BCUT2D eigenvalue weighted by Gasteiger charge is -2.23. The molecule has 0 amide bonds. The van der Waals surface area contributed by atoms with Gasteiger partial charge in [-0.05, 0) is 37.5 Å². The van der Waals surface area contributed by atoms with Gasteiger partial charge in [0, 0.05) is 37.7 Å². The number of aryl methyl sites for hydroxylation is 1. The molecule has 1 aromatic heterocycles. The monoisotopic (exact) mass is 386 g/mol. The lowest BCUT2D eigenvalue weighted by molar-refractivity contribution is 0.148. The highest BCUT2D eigenvalue weighted by Gasteiger charge is 2.33. The number of nitrogens with one attached hydrogen (secondary N) is 2. The van der Waals surface area contributed by atoms with E-state index in [1.54, 1.807) is 13.2 Å². The van der Waals surface area contributed by atoms with Gasteiger partial charge in [0.25, 0.3) is 10.2 Å². The van der Waals surface area contributed by atoms with Gasteiger partial charge in [0.1, 0.15) is 5.82 Å². The highest BCUT2D eigenvalue weighted by molar-refractivity contribution is 7.87. The molecular formula is C16H23ClN4O3S. The molecule has 1 atom stereocenters. The number of aromatic amines is 1. The first-order valence-corrected chi connectivity index (χ1v) is 10.2. The fourth-order valence-corrected chi connectivity index (χ4v) is 4.85. The fourth-order valence-electron chi connectivity index (χ4n) is 3.18. The molecule has 0 bridgehead atoms. The molecule has 2 heterocycles. The summed E-state index contributed by atoms with van der Waals surface area (Å²) in [6.45, 7) is 1.35. The molecule has 1 fully saturated rings. The minimum absolute atomic E-state index is 0.0670. The van der Waals surface area contributed by atoms with Crippen molar-refractivity contribution >= 4 is 32.8 Å². The van der Waals surface area contributed by atoms with Gasteiger partial charge in [-0.15, -0.1) is 0 Å². The summed E-state index contributed by atoms with van der Waals surface area (Å²) < 4.78 is 34.2. The Hall–Kier alpha value is -1.19. The predicted molar refractivity (Wildman–Crippen MR) is 98.0 cm³/mol. The van der Waals surface area contributed by atoms with Crippen molar-refractivity contribution in [2.45, 2.75) is 31.7 Å². The first-order chi connectivity index (χ1) is 12.0. The minimum atomic E-state index is -3.46. The summed E-state index contributed by atoms with van der Waals surface area (Å²) in [5, 5.41) is 0.659. The molecule has 1 saturated heterocycles. The van der Waals surface area contributed by atoms with Crippen LogP contribution in [0, 0.1) is 0 Å². The Bertz CT molecular complexity index is 824. The minimum Gasteiger partial charge on any atom is -0.383 e. The van der Waals surface area contributed by atoms with E-state index in [1.807, 2.05) is 12.1 Å². The van der Waals surface area contributed by atoms with Gasteiger partial charge in [0.15, 0.2) is 0 Å². The van der Waals surface area contributed by atoms with E-state index in [4.69, 9.17) is 16.3 Å². The number of benzene rings is 1. The van der Waals surface area contributed by atoms with Crippen LogP contribution in [0.5, 0.6) is 0 Å². The van der Waals surface area contributed by atoms with Crippen LogP contribution in [0.2, 0.25) is 5.02 Å². The fraction of sp³-hybridized carbons (Fsp3) is 0.562. The van der Waals surface area contributed by atoms with Crippen molar-refractivity contribution < 1.29 is 13.2 Å². The molecule has 7 nitrogen and oxygen atoms in total. The van der Waals surface area contributed by atoms with E-state index >= 15 is 0 Å². The van der Waals surface area contributed by atoms with Crippen LogP contribution < -0.4 is 4.72 Å². The first kappa shape index (κ1) is 18.6. The summed E-state index contributed by atoms with van der Waals surface area (Å²) in [6, 6.07) is 5.43. The van der Waals surface area contributed by atoms with Crippen LogP contribution in [0.1, 0.15) is 25.1 Å². The maximum atomic E-state index is 12.4. The van der Waals surface area contributed by atoms with Gasteiger partial charge in [0.2, 0.25) is 0 Å². The number of ether oxygens (including phenoxy) is 1. The number of aromatic nitrogens is 2. The lowest BCUT2D eigenvalue weighted by atomic mass is 10.2. The molecule has 0 saturated carbocycles. The van der Waals surface area contributed by atoms with Crippen LogP contribution in [-0.2, 0) is 21.4 Å². The SMILES string of the molecule is COC[C@H]1CCCN1S(=O)(=O)NCCCc1nc2ccc(Cl)cc2[nH]1. The number of methoxy groups -OCH3 is 1. The molecule has 9 heteroatoms. The molecule has 0 spiro atoms. The molecule has 3 rings (SSSR count). The van der Waals surface area contributed by atoms with Gasteiger partial charge >= 0.3 is 0 Å². The second-order valence-electron chi connectivity index (χ2n) is 6.21. The number of fused-ring (bicyclic) bond motifs is 1. The van der Waals surface area contributed by atoms with Crippen LogP contribution in [0.15, 0.2) is 18.2 Å². The number of rotatable bonds is 8. The summed E-state index contributed by atoms with van der Waals surface area (Å²) in [7, 11) is -1.87. The molecule has 2 N–H and O–H groups in total. The van der Waals surface area contributed by atoms with E-state index in [9.17, 15) is 8.42 Å². The van der Waals surface area contributed by atoms with E-state index < -0.39 is 10.2 Å². The first-order valence-electron chi connectivity index (χ1n) is 8.39. The Morgan fingerprint density at radius 3 is 3.12 bits per heavy atom. The van der Waals surface area contributed by atoms with Crippen molar-refractivity contribution in [2.75, 3.05) is 26.8 Å². The second kappa shape index (κ2) is 8.01. The zero-order valence-corrected chi connectivity index (χ0v) is 15.7. The standard InChI is InChI=1S/C16H23ClN4O3S/c1-24-11-13-4-3-9-21(13)25(22,23)18-8-2-5-16-19-14-7-6-12(17)10-15(14)20-16/h6-7,10,13,18H,2-5,8-9,11H2,1H3,(H,19,20)/t13-/m1/s1. The van der Waals surface area contributed by atoms with Crippen LogP contribution in [0.3, 0.4) is 0 Å². The van der Waals surface area contributed by atoms with Crippen molar-refractivity contribution in [1.29, 1.82) is 0 Å². The summed E-state index contributed by atoms with van der Waals surface area (Å²) in [5.74, 6) is 0.829. The number of imidazole rings is 1. The van der Waals surface area contributed by atoms with E-state index in [2.05, 4.69) is 14.7 Å². The normalized spacial score (nSPS) is 19.0. The summed E-state index contributed by atoms with van der Waals surface area (Å²) >= 11 is 5.96. The van der Waals surface area contributed by atoms with Crippen molar-refractivity contribution in [3.8, 4) is 0 Å². The van der Waals surface area contributed by atoms with Crippen LogP contribution in [-0.4, -0.2) is 55.5 Å². The number of hydrogen-bond acceptors (Lipinski definition) is 4. The Morgan fingerprint density at radius 1 is 1.48 bits per heavy atom. The Kier molecular flexibility index (Phi) is 5.96. The van der Waals surface area contributed by atoms with Crippen LogP contribution in [0.25, 0.3) is 11.0 Å². The average Bonchev–Trinajstić information content (AvgIpc) is 3.18. The molecule has 1 aliphatic rings. The smallest absolute Gasteiger partial charge is 0.279 e. The predicted octanol–water partition coefficient (Wildman–Crippen LogP) is 2.09. The highest BCUT2D eigenvalue weighted by Crippen LogP contribution is 2.20. The summed E-state index contributed by atoms with van der Waals surface area (Å²) in [6.07, 6.45) is 3.04. The molecule has 1 aromatic carbocycles. The molecule has 0 unspecified atom stereocenters. The lowest BCUT2D eigenvalue weighted by Crippen LogP contribution is -2.45. The molecule has 0 radical (unpaired) electrons. The van der Waals surface area contributed by atoms with Gasteiger partial charge in [-0.25, -0.2) is 9.71 Å². The number of halogens is 1. The number of nitrogens with zero attached hydrogens (tertiary/aromatic N) is 2. The summed E-state index contributed by atoms with van der Waals surface area (Å²) in [5.41, 5.74) is 1.75. The maximum Gasteiger partial charge on any atom is 0.279 e. The van der Waals surface area contributed by atoms with E-state index in [0.29, 0.717) is 37.6 Å². The third-order valence-corrected chi connectivity index (χ3v) is 6.26. The zero-order valence-electron chi connectivity index (χ0n) is 14.2. The molecular weight excluding hydrogens is 364 g/mol. The van der Waals surface area contributed by atoms with Crippen molar-refractivity contribution in [3.05, 3.63) is 29.0 Å². The van der Waals surface area contributed by atoms with E-state index in [0.717, 1.165) is 29.7 Å². The second-order valence-corrected chi connectivity index (χ2v) is 8.35. The third-order valence-electron chi connectivity index (χ3n) is 4.36. The maximum absolute atomic E-state index is 12.4. The molecule has 0 aliphatic carbocycles. The van der Waals surface area contributed by atoms with Crippen LogP contribution in [0.4, 0.5) is 0 Å². The zero-order chi connectivity index (χ0) is 17.9. The molecule has 138 valence electrons. The Balaban J connectivity index is 1.51. The van der Waals surface area contributed by atoms with Crippen molar-refractivity contribution in [2.24, 2.45) is 0 Å². The highest BCUT2D eigenvalue weighted by atomic mass is 35.5. The molecule has 25 heavy (non-hydrogen) atoms. The van der Waals surface area contributed by atoms with Crippen LogP contribution >= 0.6 is 11.6 Å². The van der Waals surface area contributed by atoms with Gasteiger partial charge in [-0.1, -0.05) is 11.6 Å². The topological polar surface area (TPSA) is 87.3 Å². The van der Waals surface area contributed by atoms with Gasteiger partial charge < -0.3 is 9.72 Å². The molecule has 1 aliphatic heterocycles. The largest absolute Gasteiger partial charge is 0.383 e. The van der Waals surface area contributed by atoms with Gasteiger partial charge in [-0.3, -0.25) is 0 Å². The van der Waals surface area contributed by atoms with Gasteiger partial charge in [0.05, 0.1) is 17.6 Å². The van der Waals surface area contributed by atoms with E-state index in [1.165, 1.54) is 4.31 Å². The Labute approximate surface area is 152 Å². The Morgan fingerprint density at radius 2 is 2.32 bits per heavy atom. The van der Waals surface area contributed by atoms with Crippen molar-refractivity contribution in [3.63, 3.8) is 0 Å². The van der Waals surface area contributed by atoms with Crippen molar-refractivity contribution in [1.82, 2.24) is 19.0 Å². The van der Waals surface area contributed by atoms with Gasteiger partial charge in [-0.2, -0.15) is 12.7 Å². The average molecular weight is 387 g/mol. The number of hydrogen-bond donors (Lipinski definition) is 2.